The van der Waals surface area contributed by atoms with E-state index in [1.165, 1.54) is 17.4 Å². The van der Waals surface area contributed by atoms with Crippen LogP contribution in [0.5, 0.6) is 0 Å². The van der Waals surface area contributed by atoms with Crippen LogP contribution in [0.3, 0.4) is 0 Å². The van der Waals surface area contributed by atoms with Crippen LogP contribution in [-0.2, 0) is 12.0 Å². The van der Waals surface area contributed by atoms with Crippen LogP contribution in [0.1, 0.15) is 41.1 Å². The van der Waals surface area contributed by atoms with Crippen molar-refractivity contribution in [1.82, 2.24) is 5.32 Å². The van der Waals surface area contributed by atoms with E-state index in [1.807, 2.05) is 12.1 Å². The minimum Gasteiger partial charge on any atom is -0.467 e. The van der Waals surface area contributed by atoms with Crippen molar-refractivity contribution < 1.29 is 9.21 Å². The summed E-state index contributed by atoms with van der Waals surface area (Å²) in [5.41, 5.74) is 8.31. The first-order valence-electron chi connectivity index (χ1n) is 7.06. The molecule has 1 aromatic heterocycles. The fourth-order valence-electron chi connectivity index (χ4n) is 2.44. The van der Waals surface area contributed by atoms with Crippen molar-refractivity contribution >= 4 is 5.91 Å². The number of furan rings is 1. The summed E-state index contributed by atoms with van der Waals surface area (Å²) in [5, 5.41) is 2.96. The number of nitrogens with one attached hydrogen (secondary N) is 1. The second-order valence-electron chi connectivity index (χ2n) is 5.89. The van der Waals surface area contributed by atoms with Gasteiger partial charge in [-0.15, -0.1) is 0 Å². The summed E-state index contributed by atoms with van der Waals surface area (Å²) in [7, 11) is 0. The van der Waals surface area contributed by atoms with Crippen LogP contribution in [0.4, 0.5) is 0 Å². The Morgan fingerprint density at radius 1 is 1.33 bits per heavy atom. The number of benzene rings is 1. The highest BCUT2D eigenvalue weighted by Crippen LogP contribution is 2.25. The van der Waals surface area contributed by atoms with Gasteiger partial charge in [-0.2, -0.15) is 0 Å². The van der Waals surface area contributed by atoms with Gasteiger partial charge in [-0.05, 0) is 24.1 Å². The quantitative estimate of drug-likeness (QED) is 0.888. The summed E-state index contributed by atoms with van der Waals surface area (Å²) in [4.78, 5) is 12.1. The molecule has 0 aliphatic carbocycles. The highest BCUT2D eigenvalue weighted by molar-refractivity contribution is 5.94. The standard InChI is InChI=1S/C17H22N2O2/c1-12-6-4-5-7-15(12)17(2,3)11-19-16(20)13-8-14(9-18)21-10-13/h4-8,10H,9,11,18H2,1-3H3,(H,19,20). The molecule has 0 spiro atoms. The Morgan fingerprint density at radius 3 is 2.67 bits per heavy atom. The van der Waals surface area contributed by atoms with E-state index in [0.29, 0.717) is 24.4 Å². The Hall–Kier alpha value is -2.07. The Kier molecular flexibility index (Phi) is 4.48. The summed E-state index contributed by atoms with van der Waals surface area (Å²) in [6.45, 7) is 7.18. The first-order chi connectivity index (χ1) is 9.94. The summed E-state index contributed by atoms with van der Waals surface area (Å²) < 4.78 is 5.18. The first-order valence-corrected chi connectivity index (χ1v) is 7.06. The van der Waals surface area contributed by atoms with Gasteiger partial charge in [0.15, 0.2) is 0 Å². The minimum absolute atomic E-state index is 0.137. The number of amides is 1. The van der Waals surface area contributed by atoms with Crippen LogP contribution in [0, 0.1) is 6.92 Å². The lowest BCUT2D eigenvalue weighted by Crippen LogP contribution is -2.37. The van der Waals surface area contributed by atoms with E-state index in [4.69, 9.17) is 10.2 Å². The lowest BCUT2D eigenvalue weighted by molar-refractivity contribution is 0.0945. The van der Waals surface area contributed by atoms with Crippen molar-refractivity contribution in [2.75, 3.05) is 6.54 Å². The van der Waals surface area contributed by atoms with Crippen LogP contribution in [0.15, 0.2) is 41.0 Å². The highest BCUT2D eigenvalue weighted by atomic mass is 16.3. The molecule has 4 nitrogen and oxygen atoms in total. The second-order valence-corrected chi connectivity index (χ2v) is 5.89. The van der Waals surface area contributed by atoms with Crippen molar-refractivity contribution in [3.05, 3.63) is 59.0 Å². The van der Waals surface area contributed by atoms with Gasteiger partial charge in [0.2, 0.25) is 0 Å². The fraction of sp³-hybridized carbons (Fsp3) is 0.353. The van der Waals surface area contributed by atoms with Gasteiger partial charge in [-0.3, -0.25) is 4.79 Å². The van der Waals surface area contributed by atoms with Crippen LogP contribution in [-0.4, -0.2) is 12.5 Å². The molecule has 2 rings (SSSR count). The Balaban J connectivity index is 2.04. The molecule has 3 N–H and O–H groups in total. The van der Waals surface area contributed by atoms with E-state index >= 15 is 0 Å². The van der Waals surface area contributed by atoms with Gasteiger partial charge in [0.25, 0.3) is 5.91 Å². The van der Waals surface area contributed by atoms with Gasteiger partial charge < -0.3 is 15.5 Å². The third-order valence-electron chi connectivity index (χ3n) is 3.68. The molecule has 4 heteroatoms. The molecule has 0 fully saturated rings. The molecule has 21 heavy (non-hydrogen) atoms. The normalized spacial score (nSPS) is 11.4. The number of rotatable bonds is 5. The topological polar surface area (TPSA) is 68.3 Å². The van der Waals surface area contributed by atoms with Crippen molar-refractivity contribution in [3.63, 3.8) is 0 Å². The molecule has 0 radical (unpaired) electrons. The molecule has 0 saturated carbocycles. The zero-order valence-electron chi connectivity index (χ0n) is 12.8. The Bertz CT molecular complexity index is 629. The molecule has 0 aliphatic heterocycles. The van der Waals surface area contributed by atoms with Crippen LogP contribution >= 0.6 is 0 Å². The van der Waals surface area contributed by atoms with Crippen LogP contribution in [0.25, 0.3) is 0 Å². The van der Waals surface area contributed by atoms with E-state index in [-0.39, 0.29) is 11.3 Å². The lowest BCUT2D eigenvalue weighted by Gasteiger charge is -2.27. The van der Waals surface area contributed by atoms with Crippen LogP contribution in [0.2, 0.25) is 0 Å². The molecule has 2 aromatic rings. The maximum atomic E-state index is 12.1. The third-order valence-corrected chi connectivity index (χ3v) is 3.68. The number of hydrogen-bond donors (Lipinski definition) is 2. The summed E-state index contributed by atoms with van der Waals surface area (Å²) in [6.07, 6.45) is 1.44. The average molecular weight is 286 g/mol. The summed E-state index contributed by atoms with van der Waals surface area (Å²) in [5.74, 6) is 0.471. The molecule has 0 saturated heterocycles. The zero-order valence-corrected chi connectivity index (χ0v) is 12.8. The number of carbonyl (C=O) groups excluding carboxylic acids is 1. The largest absolute Gasteiger partial charge is 0.467 e. The van der Waals surface area contributed by atoms with E-state index in [1.54, 1.807) is 6.07 Å². The molecule has 0 bridgehead atoms. The molecule has 1 aromatic carbocycles. The zero-order chi connectivity index (χ0) is 15.5. The van der Waals surface area contributed by atoms with Gasteiger partial charge in [-0.1, -0.05) is 38.1 Å². The van der Waals surface area contributed by atoms with E-state index in [0.717, 1.165) is 0 Å². The number of carbonyl (C=O) groups is 1. The summed E-state index contributed by atoms with van der Waals surface area (Å²) >= 11 is 0. The predicted molar refractivity (Wildman–Crippen MR) is 83.1 cm³/mol. The van der Waals surface area contributed by atoms with Crippen molar-refractivity contribution in [1.29, 1.82) is 0 Å². The van der Waals surface area contributed by atoms with Crippen molar-refractivity contribution in [3.8, 4) is 0 Å². The molecular weight excluding hydrogens is 264 g/mol. The second kappa shape index (κ2) is 6.14. The maximum Gasteiger partial charge on any atom is 0.254 e. The molecule has 1 amide bonds. The van der Waals surface area contributed by atoms with Gasteiger partial charge in [-0.25, -0.2) is 0 Å². The smallest absolute Gasteiger partial charge is 0.254 e. The molecule has 0 aliphatic rings. The minimum atomic E-state index is -0.139. The fourth-order valence-corrected chi connectivity index (χ4v) is 2.44. The molecule has 0 unspecified atom stereocenters. The first kappa shape index (κ1) is 15.3. The van der Waals surface area contributed by atoms with Crippen LogP contribution < -0.4 is 11.1 Å². The van der Waals surface area contributed by atoms with Crippen molar-refractivity contribution in [2.45, 2.75) is 32.7 Å². The lowest BCUT2D eigenvalue weighted by atomic mass is 9.82. The average Bonchev–Trinajstić information content (AvgIpc) is 2.94. The number of hydrogen-bond acceptors (Lipinski definition) is 3. The molecule has 112 valence electrons. The van der Waals surface area contributed by atoms with E-state index in [2.05, 4.69) is 38.2 Å². The Labute approximate surface area is 125 Å². The molecule has 0 atom stereocenters. The molecular formula is C17H22N2O2. The monoisotopic (exact) mass is 286 g/mol. The third kappa shape index (κ3) is 3.52. The SMILES string of the molecule is Cc1ccccc1C(C)(C)CNC(=O)c1coc(CN)c1. The van der Waals surface area contributed by atoms with Crippen molar-refractivity contribution in [2.24, 2.45) is 5.73 Å². The van der Waals surface area contributed by atoms with E-state index in [9.17, 15) is 4.79 Å². The van der Waals surface area contributed by atoms with E-state index < -0.39 is 0 Å². The molecule has 1 heterocycles. The maximum absolute atomic E-state index is 12.1. The van der Waals surface area contributed by atoms with Gasteiger partial charge in [0.1, 0.15) is 12.0 Å². The number of aryl methyl sites for hydroxylation is 1. The van der Waals surface area contributed by atoms with Gasteiger partial charge >= 0.3 is 0 Å². The number of nitrogens with two attached hydrogens (primary N) is 1. The Morgan fingerprint density at radius 2 is 2.05 bits per heavy atom. The predicted octanol–water partition coefficient (Wildman–Crippen LogP) is 2.75. The van der Waals surface area contributed by atoms with Gasteiger partial charge in [0, 0.05) is 12.0 Å². The highest BCUT2D eigenvalue weighted by Gasteiger charge is 2.23. The summed E-state index contributed by atoms with van der Waals surface area (Å²) in [6, 6.07) is 9.91. The van der Waals surface area contributed by atoms with Gasteiger partial charge in [0.05, 0.1) is 12.1 Å².